The number of Topliss-reactive ketones (excluding diaryl/α,β-unsaturated/α-hetero) is 1. The van der Waals surface area contributed by atoms with Crippen LogP contribution in [0.1, 0.15) is 34.5 Å². The maximum Gasteiger partial charge on any atom is 0.163 e. The molecule has 1 heterocycles. The molecule has 0 spiro atoms. The zero-order valence-electron chi connectivity index (χ0n) is 19.1. The number of para-hydroxylation sites is 1. The Morgan fingerprint density at radius 2 is 1.39 bits per heavy atom. The van der Waals surface area contributed by atoms with Crippen molar-refractivity contribution in [2.24, 2.45) is 0 Å². The van der Waals surface area contributed by atoms with Crippen LogP contribution in [0, 0.1) is 0 Å². The normalized spacial score (nSPS) is 16.0. The highest BCUT2D eigenvalue weighted by Crippen LogP contribution is 2.29. The molecule has 0 bridgehead atoms. The monoisotopic (exact) mass is 444 g/mol. The molecule has 172 valence electrons. The number of β-amino-alcohol motifs (C(OH)–C–C–N with tert-alkyl or cyclic N) is 1. The Hall–Kier alpha value is -2.99. The van der Waals surface area contributed by atoms with Crippen molar-refractivity contribution < 1.29 is 14.6 Å². The number of piperazine rings is 1. The van der Waals surface area contributed by atoms with E-state index in [2.05, 4.69) is 70.5 Å². The maximum atomic E-state index is 11.8. The van der Waals surface area contributed by atoms with Gasteiger partial charge in [-0.1, -0.05) is 72.8 Å². The van der Waals surface area contributed by atoms with Crippen molar-refractivity contribution >= 4 is 5.78 Å². The van der Waals surface area contributed by atoms with Crippen LogP contribution in [0.2, 0.25) is 0 Å². The van der Waals surface area contributed by atoms with Crippen LogP contribution in [-0.2, 0) is 0 Å². The van der Waals surface area contributed by atoms with Gasteiger partial charge in [0.05, 0.1) is 11.6 Å². The topological polar surface area (TPSA) is 53.0 Å². The van der Waals surface area contributed by atoms with Gasteiger partial charge in [0.1, 0.15) is 18.5 Å². The first-order valence-corrected chi connectivity index (χ1v) is 11.6. The predicted molar refractivity (Wildman–Crippen MR) is 131 cm³/mol. The summed E-state index contributed by atoms with van der Waals surface area (Å²) in [4.78, 5) is 16.6. The number of ether oxygens (including phenoxy) is 1. The van der Waals surface area contributed by atoms with Gasteiger partial charge in [-0.2, -0.15) is 0 Å². The van der Waals surface area contributed by atoms with Gasteiger partial charge >= 0.3 is 0 Å². The van der Waals surface area contributed by atoms with Crippen molar-refractivity contribution in [3.05, 3.63) is 102 Å². The minimum absolute atomic E-state index is 0.0393. The van der Waals surface area contributed by atoms with Crippen molar-refractivity contribution in [1.29, 1.82) is 0 Å². The fourth-order valence-electron chi connectivity index (χ4n) is 4.51. The third-order valence-corrected chi connectivity index (χ3v) is 6.17. The lowest BCUT2D eigenvalue weighted by Crippen LogP contribution is -2.50. The van der Waals surface area contributed by atoms with Gasteiger partial charge in [0.2, 0.25) is 0 Å². The lowest BCUT2D eigenvalue weighted by Gasteiger charge is -2.40. The third-order valence-electron chi connectivity index (χ3n) is 6.17. The Kier molecular flexibility index (Phi) is 7.89. The lowest BCUT2D eigenvalue weighted by atomic mass is 9.96. The second kappa shape index (κ2) is 11.2. The fraction of sp³-hybridized carbons (Fsp3) is 0.321. The Morgan fingerprint density at radius 3 is 1.97 bits per heavy atom. The first-order chi connectivity index (χ1) is 16.1. The lowest BCUT2D eigenvalue weighted by molar-refractivity contribution is 0.0398. The molecule has 0 aliphatic carbocycles. The van der Waals surface area contributed by atoms with Crippen molar-refractivity contribution in [2.75, 3.05) is 39.3 Å². The largest absolute Gasteiger partial charge is 0.490 e. The van der Waals surface area contributed by atoms with Gasteiger partial charge in [-0.25, -0.2) is 0 Å². The highest BCUT2D eigenvalue weighted by Gasteiger charge is 2.27. The average molecular weight is 445 g/mol. The van der Waals surface area contributed by atoms with E-state index in [9.17, 15) is 9.90 Å². The van der Waals surface area contributed by atoms with E-state index in [1.807, 2.05) is 12.1 Å². The smallest absolute Gasteiger partial charge is 0.163 e. The van der Waals surface area contributed by atoms with Crippen LogP contribution in [0.5, 0.6) is 5.75 Å². The molecule has 3 aromatic carbocycles. The number of ketones is 1. The standard InChI is InChI=1S/C28H32N2O3/c1-22(31)26-14-8-9-15-27(26)33-21-25(32)20-29-16-18-30(19-17-29)28(23-10-4-2-5-11-23)24-12-6-3-7-13-24/h2-15,25,28,32H,16-21H2,1H3/t25-/m0/s1. The molecule has 0 radical (unpaired) electrons. The van der Waals surface area contributed by atoms with Crippen LogP contribution < -0.4 is 4.74 Å². The number of aliphatic hydroxyl groups is 1. The van der Waals surface area contributed by atoms with Crippen LogP contribution in [0.25, 0.3) is 0 Å². The van der Waals surface area contributed by atoms with E-state index >= 15 is 0 Å². The van der Waals surface area contributed by atoms with Crippen molar-refractivity contribution in [2.45, 2.75) is 19.1 Å². The van der Waals surface area contributed by atoms with Crippen LogP contribution in [0.3, 0.4) is 0 Å². The molecule has 33 heavy (non-hydrogen) atoms. The van der Waals surface area contributed by atoms with Crippen LogP contribution in [0.4, 0.5) is 0 Å². The Bertz CT molecular complexity index is 978. The Labute approximate surface area is 196 Å². The highest BCUT2D eigenvalue weighted by atomic mass is 16.5. The summed E-state index contributed by atoms with van der Waals surface area (Å²) in [7, 11) is 0. The van der Waals surface area contributed by atoms with Gasteiger partial charge < -0.3 is 9.84 Å². The average Bonchev–Trinajstić information content (AvgIpc) is 2.85. The number of aliphatic hydroxyl groups excluding tert-OH is 1. The summed E-state index contributed by atoms with van der Waals surface area (Å²) in [6, 6.07) is 28.7. The van der Waals surface area contributed by atoms with E-state index in [1.165, 1.54) is 18.1 Å². The molecule has 4 rings (SSSR count). The molecule has 0 aromatic heterocycles. The van der Waals surface area contributed by atoms with E-state index in [1.54, 1.807) is 12.1 Å². The van der Waals surface area contributed by atoms with Gasteiger partial charge in [-0.15, -0.1) is 0 Å². The highest BCUT2D eigenvalue weighted by molar-refractivity contribution is 5.96. The van der Waals surface area contributed by atoms with Crippen LogP contribution in [-0.4, -0.2) is 66.1 Å². The number of carbonyl (C=O) groups is 1. The summed E-state index contributed by atoms with van der Waals surface area (Å²) < 4.78 is 5.77. The number of hydrogen-bond donors (Lipinski definition) is 1. The summed E-state index contributed by atoms with van der Waals surface area (Å²) in [6.45, 7) is 5.87. The number of benzene rings is 3. The third kappa shape index (κ3) is 6.08. The molecule has 1 atom stereocenters. The molecule has 5 heteroatoms. The van der Waals surface area contributed by atoms with Gasteiger partial charge in [0, 0.05) is 32.7 Å². The molecule has 1 aliphatic rings. The molecule has 0 amide bonds. The summed E-state index contributed by atoms with van der Waals surface area (Å²) in [5, 5.41) is 10.6. The van der Waals surface area contributed by atoms with Crippen LogP contribution >= 0.6 is 0 Å². The van der Waals surface area contributed by atoms with E-state index in [-0.39, 0.29) is 18.4 Å². The number of carbonyl (C=O) groups excluding carboxylic acids is 1. The zero-order valence-corrected chi connectivity index (χ0v) is 19.1. The molecular formula is C28H32N2O3. The van der Waals surface area contributed by atoms with Crippen molar-refractivity contribution in [1.82, 2.24) is 9.80 Å². The van der Waals surface area contributed by atoms with Gasteiger partial charge in [-0.05, 0) is 30.2 Å². The number of hydrogen-bond acceptors (Lipinski definition) is 5. The van der Waals surface area contributed by atoms with Gasteiger partial charge in [0.25, 0.3) is 0 Å². The minimum atomic E-state index is -0.615. The second-order valence-corrected chi connectivity index (χ2v) is 8.58. The summed E-state index contributed by atoms with van der Waals surface area (Å²) >= 11 is 0. The van der Waals surface area contributed by atoms with E-state index in [4.69, 9.17) is 4.74 Å². The Morgan fingerprint density at radius 1 is 0.848 bits per heavy atom. The summed E-state index contributed by atoms with van der Waals surface area (Å²) in [5.74, 6) is 0.491. The molecule has 3 aromatic rings. The van der Waals surface area contributed by atoms with E-state index < -0.39 is 6.10 Å². The van der Waals surface area contributed by atoms with Gasteiger partial charge in [-0.3, -0.25) is 14.6 Å². The molecular weight excluding hydrogens is 412 g/mol. The first kappa shape index (κ1) is 23.2. The number of rotatable bonds is 9. The number of nitrogens with zero attached hydrogens (tertiary/aromatic N) is 2. The molecule has 1 aliphatic heterocycles. The maximum absolute atomic E-state index is 11.8. The van der Waals surface area contributed by atoms with Gasteiger partial charge in [0.15, 0.2) is 5.78 Å². The quantitative estimate of drug-likeness (QED) is 0.505. The second-order valence-electron chi connectivity index (χ2n) is 8.58. The van der Waals surface area contributed by atoms with Crippen molar-refractivity contribution in [3.63, 3.8) is 0 Å². The first-order valence-electron chi connectivity index (χ1n) is 11.6. The minimum Gasteiger partial charge on any atom is -0.490 e. The molecule has 1 N–H and O–H groups in total. The zero-order chi connectivity index (χ0) is 23.0. The van der Waals surface area contributed by atoms with E-state index in [0.29, 0.717) is 17.9 Å². The molecule has 1 saturated heterocycles. The Balaban J connectivity index is 1.33. The molecule has 0 unspecified atom stereocenters. The summed E-state index contributed by atoms with van der Waals surface area (Å²) in [6.07, 6.45) is -0.615. The van der Waals surface area contributed by atoms with Crippen LogP contribution in [0.15, 0.2) is 84.9 Å². The molecule has 1 fully saturated rings. The fourth-order valence-corrected chi connectivity index (χ4v) is 4.51. The van der Waals surface area contributed by atoms with Crippen molar-refractivity contribution in [3.8, 4) is 5.75 Å². The molecule has 5 nitrogen and oxygen atoms in total. The molecule has 0 saturated carbocycles. The van der Waals surface area contributed by atoms with E-state index in [0.717, 1.165) is 26.2 Å². The predicted octanol–water partition coefficient (Wildman–Crippen LogP) is 4.04. The summed E-state index contributed by atoms with van der Waals surface area (Å²) in [5.41, 5.74) is 3.15. The SMILES string of the molecule is CC(=O)c1ccccc1OC[C@@H](O)CN1CCN(C(c2ccccc2)c2ccccc2)CC1.